The van der Waals surface area contributed by atoms with E-state index in [0.29, 0.717) is 30.0 Å². The molecule has 6 heteroatoms. The molecule has 1 aromatic heterocycles. The topological polar surface area (TPSA) is 80.4 Å². The maximum absolute atomic E-state index is 12.6. The van der Waals surface area contributed by atoms with E-state index < -0.39 is 11.7 Å². The third-order valence-electron chi connectivity index (χ3n) is 4.46. The number of para-hydroxylation sites is 1. The van der Waals surface area contributed by atoms with Gasteiger partial charge in [0.25, 0.3) is 11.7 Å². The normalized spacial score (nSPS) is 12.3. The number of ketones is 1. The van der Waals surface area contributed by atoms with Crippen LogP contribution in [0.4, 0.5) is 0 Å². The second-order valence-corrected chi connectivity index (χ2v) is 6.19. The van der Waals surface area contributed by atoms with Crippen molar-refractivity contribution in [3.63, 3.8) is 0 Å². The monoisotopic (exact) mass is 350 g/mol. The predicted molar refractivity (Wildman–Crippen MR) is 96.6 cm³/mol. The van der Waals surface area contributed by atoms with Gasteiger partial charge < -0.3 is 19.8 Å². The van der Waals surface area contributed by atoms with E-state index in [4.69, 9.17) is 9.47 Å². The van der Waals surface area contributed by atoms with Gasteiger partial charge in [0.15, 0.2) is 11.5 Å². The molecule has 0 saturated heterocycles. The third-order valence-corrected chi connectivity index (χ3v) is 4.46. The van der Waals surface area contributed by atoms with Gasteiger partial charge in [-0.3, -0.25) is 9.59 Å². The molecule has 0 atom stereocenters. The van der Waals surface area contributed by atoms with Crippen LogP contribution < -0.4 is 14.8 Å². The Morgan fingerprint density at radius 2 is 1.92 bits per heavy atom. The molecule has 2 heterocycles. The first-order valence-electron chi connectivity index (χ1n) is 8.42. The number of Topliss-reactive ketones (excluding diaryl/α,β-unsaturated/α-hetero) is 1. The van der Waals surface area contributed by atoms with Crippen molar-refractivity contribution < 1.29 is 19.1 Å². The molecule has 1 aliphatic heterocycles. The number of fused-ring (bicyclic) bond motifs is 2. The van der Waals surface area contributed by atoms with Crippen LogP contribution in [0.15, 0.2) is 42.5 Å². The molecule has 1 amide bonds. The van der Waals surface area contributed by atoms with Crippen LogP contribution in [0.1, 0.15) is 21.6 Å². The number of aryl methyl sites for hydroxylation is 1. The van der Waals surface area contributed by atoms with Crippen LogP contribution >= 0.6 is 0 Å². The van der Waals surface area contributed by atoms with Gasteiger partial charge in [-0.25, -0.2) is 0 Å². The number of amides is 1. The average Bonchev–Trinajstić information content (AvgIpc) is 3.23. The van der Waals surface area contributed by atoms with Gasteiger partial charge in [-0.1, -0.05) is 24.3 Å². The summed E-state index contributed by atoms with van der Waals surface area (Å²) in [6, 6.07) is 13.1. The Kier molecular flexibility index (Phi) is 4.08. The molecule has 0 aliphatic carbocycles. The molecular weight excluding hydrogens is 332 g/mol. The standard InChI is InChI=1S/C20H18N2O4/c1-12-18(14-4-2-3-5-15(14)22-12)19(23)20(24)21-9-8-13-6-7-16-17(10-13)26-11-25-16/h2-7,10,22H,8-9,11H2,1H3,(H,21,24). The molecule has 6 nitrogen and oxygen atoms in total. The van der Waals surface area contributed by atoms with Gasteiger partial charge in [0.2, 0.25) is 6.79 Å². The molecule has 0 radical (unpaired) electrons. The number of carbonyl (C=O) groups is 2. The van der Waals surface area contributed by atoms with Gasteiger partial charge >= 0.3 is 0 Å². The zero-order valence-corrected chi connectivity index (χ0v) is 14.3. The fourth-order valence-corrected chi connectivity index (χ4v) is 3.18. The lowest BCUT2D eigenvalue weighted by Gasteiger charge is -2.06. The molecular formula is C20H18N2O4. The van der Waals surface area contributed by atoms with E-state index in [1.807, 2.05) is 42.5 Å². The minimum atomic E-state index is -0.599. The van der Waals surface area contributed by atoms with Gasteiger partial charge in [-0.2, -0.15) is 0 Å². The summed E-state index contributed by atoms with van der Waals surface area (Å²) in [6.07, 6.45) is 0.600. The summed E-state index contributed by atoms with van der Waals surface area (Å²) in [7, 11) is 0. The summed E-state index contributed by atoms with van der Waals surface area (Å²) in [5.41, 5.74) is 2.98. The van der Waals surface area contributed by atoms with E-state index in [9.17, 15) is 9.59 Å². The molecule has 0 unspecified atom stereocenters. The molecule has 2 aromatic carbocycles. The van der Waals surface area contributed by atoms with Crippen molar-refractivity contribution in [3.05, 3.63) is 59.3 Å². The second kappa shape index (κ2) is 6.55. The molecule has 26 heavy (non-hydrogen) atoms. The lowest BCUT2D eigenvalue weighted by molar-refractivity contribution is -0.116. The van der Waals surface area contributed by atoms with Gasteiger partial charge in [0, 0.05) is 23.1 Å². The van der Waals surface area contributed by atoms with Crippen molar-refractivity contribution in [3.8, 4) is 11.5 Å². The van der Waals surface area contributed by atoms with Crippen molar-refractivity contribution in [1.82, 2.24) is 10.3 Å². The Morgan fingerprint density at radius 1 is 1.12 bits per heavy atom. The van der Waals surface area contributed by atoms with Crippen LogP contribution in [-0.4, -0.2) is 30.0 Å². The van der Waals surface area contributed by atoms with Crippen LogP contribution in [0.3, 0.4) is 0 Å². The maximum atomic E-state index is 12.6. The molecule has 0 spiro atoms. The highest BCUT2D eigenvalue weighted by molar-refractivity contribution is 6.45. The van der Waals surface area contributed by atoms with Crippen LogP contribution in [0.2, 0.25) is 0 Å². The average molecular weight is 350 g/mol. The number of ether oxygens (including phenoxy) is 2. The van der Waals surface area contributed by atoms with Crippen molar-refractivity contribution >= 4 is 22.6 Å². The van der Waals surface area contributed by atoms with Crippen molar-refractivity contribution in [1.29, 1.82) is 0 Å². The zero-order valence-electron chi connectivity index (χ0n) is 14.3. The number of hydrogen-bond donors (Lipinski definition) is 2. The highest BCUT2D eigenvalue weighted by atomic mass is 16.7. The first kappa shape index (κ1) is 16.2. The largest absolute Gasteiger partial charge is 0.454 e. The smallest absolute Gasteiger partial charge is 0.292 e. The first-order chi connectivity index (χ1) is 12.6. The summed E-state index contributed by atoms with van der Waals surface area (Å²) < 4.78 is 10.6. The maximum Gasteiger partial charge on any atom is 0.292 e. The van der Waals surface area contributed by atoms with Crippen molar-refractivity contribution in [2.75, 3.05) is 13.3 Å². The lowest BCUT2D eigenvalue weighted by Crippen LogP contribution is -2.32. The summed E-state index contributed by atoms with van der Waals surface area (Å²) in [4.78, 5) is 28.0. The number of carbonyl (C=O) groups excluding carboxylic acids is 2. The summed E-state index contributed by atoms with van der Waals surface area (Å²) >= 11 is 0. The predicted octanol–water partition coefficient (Wildman–Crippen LogP) is 2.75. The Hall–Kier alpha value is -3.28. The van der Waals surface area contributed by atoms with Gasteiger partial charge in [0.05, 0.1) is 5.56 Å². The number of benzene rings is 2. The lowest BCUT2D eigenvalue weighted by atomic mass is 10.1. The highest BCUT2D eigenvalue weighted by Gasteiger charge is 2.22. The molecule has 2 N–H and O–H groups in total. The van der Waals surface area contributed by atoms with Crippen molar-refractivity contribution in [2.45, 2.75) is 13.3 Å². The Labute approximate surface area is 150 Å². The number of H-pyrrole nitrogens is 1. The Bertz CT molecular complexity index is 1010. The quantitative estimate of drug-likeness (QED) is 0.548. The SMILES string of the molecule is Cc1[nH]c2ccccc2c1C(=O)C(=O)NCCc1ccc2c(c1)OCO2. The number of rotatable bonds is 5. The van der Waals surface area contributed by atoms with E-state index in [2.05, 4.69) is 10.3 Å². The minimum Gasteiger partial charge on any atom is -0.454 e. The fourth-order valence-electron chi connectivity index (χ4n) is 3.18. The van der Waals surface area contributed by atoms with Gasteiger partial charge in [-0.05, 0) is 37.1 Å². The molecule has 0 bridgehead atoms. The molecule has 1 aliphatic rings. The van der Waals surface area contributed by atoms with Crippen molar-refractivity contribution in [2.24, 2.45) is 0 Å². The number of nitrogens with one attached hydrogen (secondary N) is 2. The van der Waals surface area contributed by atoms with Gasteiger partial charge in [0.1, 0.15) is 0 Å². The molecule has 3 aromatic rings. The summed E-state index contributed by atoms with van der Waals surface area (Å²) in [6.45, 7) is 2.40. The number of aromatic nitrogens is 1. The summed E-state index contributed by atoms with van der Waals surface area (Å²) in [5, 5.41) is 3.47. The fraction of sp³-hybridized carbons (Fsp3) is 0.200. The Morgan fingerprint density at radius 3 is 2.81 bits per heavy atom. The van der Waals surface area contributed by atoms with Crippen LogP contribution in [0.5, 0.6) is 11.5 Å². The first-order valence-corrected chi connectivity index (χ1v) is 8.42. The molecule has 0 fully saturated rings. The minimum absolute atomic E-state index is 0.230. The number of hydrogen-bond acceptors (Lipinski definition) is 4. The highest BCUT2D eigenvalue weighted by Crippen LogP contribution is 2.32. The van der Waals surface area contributed by atoms with E-state index >= 15 is 0 Å². The number of aromatic amines is 1. The summed E-state index contributed by atoms with van der Waals surface area (Å²) in [5.74, 6) is 0.311. The second-order valence-electron chi connectivity index (χ2n) is 6.19. The van der Waals surface area contributed by atoms with Crippen LogP contribution in [0, 0.1) is 6.92 Å². The zero-order chi connectivity index (χ0) is 18.1. The van der Waals surface area contributed by atoms with E-state index in [1.165, 1.54) is 0 Å². The molecule has 0 saturated carbocycles. The Balaban J connectivity index is 1.41. The van der Waals surface area contributed by atoms with E-state index in [0.717, 1.165) is 22.2 Å². The van der Waals surface area contributed by atoms with E-state index in [1.54, 1.807) is 6.92 Å². The van der Waals surface area contributed by atoms with Crippen LogP contribution in [0.25, 0.3) is 10.9 Å². The van der Waals surface area contributed by atoms with Crippen LogP contribution in [-0.2, 0) is 11.2 Å². The van der Waals surface area contributed by atoms with Gasteiger partial charge in [-0.15, -0.1) is 0 Å². The van der Waals surface area contributed by atoms with E-state index in [-0.39, 0.29) is 6.79 Å². The molecule has 4 rings (SSSR count). The molecule has 132 valence electrons. The third kappa shape index (κ3) is 2.90.